The van der Waals surface area contributed by atoms with E-state index in [0.29, 0.717) is 10.7 Å². The molecule has 0 spiro atoms. The number of benzene rings is 2. The maximum Gasteiger partial charge on any atom is 0.232 e. The van der Waals surface area contributed by atoms with Crippen molar-refractivity contribution >= 4 is 38.9 Å². The molecule has 0 atom stereocenters. The molecule has 1 amide bonds. The minimum atomic E-state index is -3.50. The van der Waals surface area contributed by atoms with Gasteiger partial charge in [0.25, 0.3) is 0 Å². The van der Waals surface area contributed by atoms with Crippen molar-refractivity contribution in [3.63, 3.8) is 0 Å². The molecule has 2 rings (SSSR count). The van der Waals surface area contributed by atoms with Gasteiger partial charge in [-0.2, -0.15) is 0 Å². The third-order valence-corrected chi connectivity index (χ3v) is 5.38. The Morgan fingerprint density at radius 3 is 2.36 bits per heavy atom. The van der Waals surface area contributed by atoms with Crippen molar-refractivity contribution in [1.82, 2.24) is 0 Å². The summed E-state index contributed by atoms with van der Waals surface area (Å²) in [6.07, 6.45) is 1.16. The van der Waals surface area contributed by atoms with Crippen LogP contribution in [0.5, 0.6) is 0 Å². The molecule has 7 heteroatoms. The van der Waals surface area contributed by atoms with E-state index in [0.717, 1.165) is 23.1 Å². The van der Waals surface area contributed by atoms with Crippen LogP contribution in [0.1, 0.15) is 17.5 Å². The first-order valence-electron chi connectivity index (χ1n) is 7.78. The molecule has 134 valence electrons. The topological polar surface area (TPSA) is 66.5 Å². The number of aryl methyl sites for hydroxylation is 1. The van der Waals surface area contributed by atoms with E-state index >= 15 is 0 Å². The van der Waals surface area contributed by atoms with Crippen LogP contribution >= 0.6 is 11.6 Å². The van der Waals surface area contributed by atoms with E-state index in [4.69, 9.17) is 11.6 Å². The summed E-state index contributed by atoms with van der Waals surface area (Å²) in [4.78, 5) is 12.2. The Morgan fingerprint density at radius 1 is 1.12 bits per heavy atom. The fourth-order valence-corrected chi connectivity index (χ4v) is 3.45. The highest BCUT2D eigenvalue weighted by atomic mass is 35.5. The number of anilines is 2. The zero-order chi connectivity index (χ0) is 18.6. The summed E-state index contributed by atoms with van der Waals surface area (Å²) in [6, 6.07) is 12.1. The molecule has 0 fully saturated rings. The molecule has 0 aliphatic carbocycles. The summed E-state index contributed by atoms with van der Waals surface area (Å²) >= 11 is 5.84. The summed E-state index contributed by atoms with van der Waals surface area (Å²) in [6.45, 7) is 3.95. The molecule has 0 aliphatic heterocycles. The van der Waals surface area contributed by atoms with Crippen LogP contribution in [0.4, 0.5) is 11.4 Å². The van der Waals surface area contributed by atoms with E-state index in [1.807, 2.05) is 32.0 Å². The normalized spacial score (nSPS) is 11.2. The number of hydrogen-bond donors (Lipinski definition) is 1. The van der Waals surface area contributed by atoms with Crippen LogP contribution in [-0.2, 0) is 14.8 Å². The van der Waals surface area contributed by atoms with Gasteiger partial charge in [0, 0.05) is 23.7 Å². The molecule has 5 nitrogen and oxygen atoms in total. The molecule has 0 aliphatic rings. The molecule has 25 heavy (non-hydrogen) atoms. The SMILES string of the molecule is Cc1cccc(NC(=O)CCN(c2ccc(Cl)cc2)S(C)(=O)=O)c1C. The van der Waals surface area contributed by atoms with Crippen molar-refractivity contribution in [1.29, 1.82) is 0 Å². The second kappa shape index (κ2) is 7.89. The third kappa shape index (κ3) is 5.21. The lowest BCUT2D eigenvalue weighted by Gasteiger charge is -2.22. The van der Waals surface area contributed by atoms with Gasteiger partial charge in [0.2, 0.25) is 15.9 Å². The zero-order valence-electron chi connectivity index (χ0n) is 14.4. The number of carbonyl (C=O) groups excluding carboxylic acids is 1. The van der Waals surface area contributed by atoms with Gasteiger partial charge in [-0.25, -0.2) is 8.42 Å². The van der Waals surface area contributed by atoms with Gasteiger partial charge in [0.1, 0.15) is 0 Å². The molecule has 0 saturated heterocycles. The minimum Gasteiger partial charge on any atom is -0.326 e. The second-order valence-electron chi connectivity index (χ2n) is 5.86. The maximum absolute atomic E-state index is 12.2. The lowest BCUT2D eigenvalue weighted by Crippen LogP contribution is -2.33. The Kier molecular flexibility index (Phi) is 6.08. The van der Waals surface area contributed by atoms with Crippen molar-refractivity contribution in [3.05, 3.63) is 58.6 Å². The number of nitrogens with one attached hydrogen (secondary N) is 1. The highest BCUT2D eigenvalue weighted by Crippen LogP contribution is 2.21. The van der Waals surface area contributed by atoms with Crippen molar-refractivity contribution in [2.45, 2.75) is 20.3 Å². The Hall–Kier alpha value is -2.05. The van der Waals surface area contributed by atoms with Crippen molar-refractivity contribution in [2.24, 2.45) is 0 Å². The highest BCUT2D eigenvalue weighted by Gasteiger charge is 2.18. The van der Waals surface area contributed by atoms with Gasteiger partial charge >= 0.3 is 0 Å². The number of hydrogen-bond acceptors (Lipinski definition) is 3. The van der Waals surface area contributed by atoms with Gasteiger partial charge < -0.3 is 5.32 Å². The Morgan fingerprint density at radius 2 is 1.76 bits per heavy atom. The first-order chi connectivity index (χ1) is 11.7. The largest absolute Gasteiger partial charge is 0.326 e. The number of amides is 1. The van der Waals surface area contributed by atoms with E-state index in [2.05, 4.69) is 5.32 Å². The summed E-state index contributed by atoms with van der Waals surface area (Å²) in [5.74, 6) is -0.240. The van der Waals surface area contributed by atoms with Crippen molar-refractivity contribution < 1.29 is 13.2 Å². The van der Waals surface area contributed by atoms with Crippen molar-refractivity contribution in [3.8, 4) is 0 Å². The first-order valence-corrected chi connectivity index (χ1v) is 10.0. The number of sulfonamides is 1. The van der Waals surface area contributed by atoms with E-state index in [1.165, 1.54) is 4.31 Å². The molecule has 0 saturated carbocycles. The molecular weight excluding hydrogens is 360 g/mol. The molecule has 2 aromatic carbocycles. The van der Waals surface area contributed by atoms with Crippen molar-refractivity contribution in [2.75, 3.05) is 22.4 Å². The third-order valence-electron chi connectivity index (χ3n) is 3.94. The monoisotopic (exact) mass is 380 g/mol. The standard InChI is InChI=1S/C18H21ClN2O3S/c1-13-5-4-6-17(14(13)2)20-18(22)11-12-21(25(3,23)24)16-9-7-15(19)8-10-16/h4-10H,11-12H2,1-3H3,(H,20,22). The number of nitrogens with zero attached hydrogens (tertiary/aromatic N) is 1. The summed E-state index contributed by atoms with van der Waals surface area (Å²) in [7, 11) is -3.50. The van der Waals surface area contributed by atoms with Gasteiger partial charge in [-0.1, -0.05) is 23.7 Å². The van der Waals surface area contributed by atoms with Gasteiger partial charge in [0.15, 0.2) is 0 Å². The van der Waals surface area contributed by atoms with Gasteiger partial charge in [-0.05, 0) is 55.3 Å². The van der Waals surface area contributed by atoms with Crippen LogP contribution in [-0.4, -0.2) is 27.1 Å². The van der Waals surface area contributed by atoms with Crippen LogP contribution in [0.2, 0.25) is 5.02 Å². The fourth-order valence-electron chi connectivity index (χ4n) is 2.40. The summed E-state index contributed by atoms with van der Waals surface area (Å²) < 4.78 is 25.3. The lowest BCUT2D eigenvalue weighted by molar-refractivity contribution is -0.116. The van der Waals surface area contributed by atoms with Crippen LogP contribution in [0.3, 0.4) is 0 Å². The number of rotatable bonds is 6. The van der Waals surface area contributed by atoms with Gasteiger partial charge in [-0.15, -0.1) is 0 Å². The van der Waals surface area contributed by atoms with E-state index < -0.39 is 10.0 Å². The number of carbonyl (C=O) groups is 1. The molecule has 0 unspecified atom stereocenters. The molecule has 0 aromatic heterocycles. The minimum absolute atomic E-state index is 0.0447. The average molecular weight is 381 g/mol. The molecule has 0 bridgehead atoms. The Balaban J connectivity index is 2.09. The fraction of sp³-hybridized carbons (Fsp3) is 0.278. The number of halogens is 1. The molecule has 0 radical (unpaired) electrons. The molecular formula is C18H21ClN2O3S. The second-order valence-corrected chi connectivity index (χ2v) is 8.20. The highest BCUT2D eigenvalue weighted by molar-refractivity contribution is 7.92. The smallest absolute Gasteiger partial charge is 0.232 e. The average Bonchev–Trinajstić information content (AvgIpc) is 2.52. The van der Waals surface area contributed by atoms with Crippen LogP contribution in [0, 0.1) is 13.8 Å². The lowest BCUT2D eigenvalue weighted by atomic mass is 10.1. The van der Waals surface area contributed by atoms with Gasteiger partial charge in [-0.3, -0.25) is 9.10 Å². The first kappa shape index (κ1) is 19.3. The van der Waals surface area contributed by atoms with Gasteiger partial charge in [0.05, 0.1) is 11.9 Å². The van der Waals surface area contributed by atoms with Crippen LogP contribution in [0.25, 0.3) is 0 Å². The Labute approximate surface area is 153 Å². The molecule has 0 heterocycles. The van der Waals surface area contributed by atoms with E-state index in [1.54, 1.807) is 24.3 Å². The molecule has 1 N–H and O–H groups in total. The van der Waals surface area contributed by atoms with Crippen LogP contribution in [0.15, 0.2) is 42.5 Å². The van der Waals surface area contributed by atoms with Crippen LogP contribution < -0.4 is 9.62 Å². The zero-order valence-corrected chi connectivity index (χ0v) is 16.0. The predicted molar refractivity (Wildman–Crippen MR) is 103 cm³/mol. The predicted octanol–water partition coefficient (Wildman–Crippen LogP) is 3.75. The Bertz CT molecular complexity index is 864. The quantitative estimate of drug-likeness (QED) is 0.829. The van der Waals surface area contributed by atoms with E-state index in [9.17, 15) is 13.2 Å². The summed E-state index contributed by atoms with van der Waals surface area (Å²) in [5.41, 5.74) is 3.29. The van der Waals surface area contributed by atoms with E-state index in [-0.39, 0.29) is 18.9 Å². The maximum atomic E-state index is 12.2. The summed E-state index contributed by atoms with van der Waals surface area (Å²) in [5, 5.41) is 3.36. The molecule has 2 aromatic rings.